The lowest BCUT2D eigenvalue weighted by molar-refractivity contribution is -0.137. The van der Waals surface area contributed by atoms with Crippen LogP contribution in [0.5, 0.6) is 0 Å². The lowest BCUT2D eigenvalue weighted by Crippen LogP contribution is -2.44. The second-order valence-electron chi connectivity index (χ2n) is 6.96. The molecule has 6 nitrogen and oxygen atoms in total. The number of urea groups is 1. The number of pyridine rings is 1. The number of nitrogens with zero attached hydrogens (tertiary/aromatic N) is 1. The zero-order valence-electron chi connectivity index (χ0n) is 16.2. The van der Waals surface area contributed by atoms with E-state index in [1.807, 2.05) is 66.7 Å². The SMILES string of the molecule is O=C(O)CCC(Cc1ccccc1)NC(=O)NCCc1ccc2ccccc2n1. The molecule has 2 aromatic carbocycles. The largest absolute Gasteiger partial charge is 0.481 e. The summed E-state index contributed by atoms with van der Waals surface area (Å²) in [5.41, 5.74) is 2.91. The summed E-state index contributed by atoms with van der Waals surface area (Å²) in [6, 6.07) is 21.1. The number of nitrogens with one attached hydrogen (secondary N) is 2. The number of carboxylic acids is 1. The molecule has 3 aromatic rings. The van der Waals surface area contributed by atoms with Gasteiger partial charge in [-0.3, -0.25) is 9.78 Å². The highest BCUT2D eigenvalue weighted by molar-refractivity contribution is 5.78. The first-order valence-electron chi connectivity index (χ1n) is 9.75. The highest BCUT2D eigenvalue weighted by Crippen LogP contribution is 2.12. The summed E-state index contributed by atoms with van der Waals surface area (Å²) in [7, 11) is 0. The van der Waals surface area contributed by atoms with Crippen LogP contribution in [0.25, 0.3) is 10.9 Å². The van der Waals surface area contributed by atoms with Crippen molar-refractivity contribution in [1.29, 1.82) is 0 Å². The summed E-state index contributed by atoms with van der Waals surface area (Å²) in [4.78, 5) is 27.8. The van der Waals surface area contributed by atoms with Gasteiger partial charge in [0.05, 0.1) is 5.52 Å². The third-order valence-electron chi connectivity index (χ3n) is 4.69. The summed E-state index contributed by atoms with van der Waals surface area (Å²) in [5.74, 6) is -0.868. The Kier molecular flexibility index (Phi) is 7.16. The standard InChI is InChI=1S/C23H25N3O3/c27-22(28)13-12-20(16-17-6-2-1-3-7-17)26-23(29)24-15-14-19-11-10-18-8-4-5-9-21(18)25-19/h1-11,20H,12-16H2,(H,27,28)(H2,24,26,29). The van der Waals surface area contributed by atoms with E-state index in [0.717, 1.165) is 22.2 Å². The van der Waals surface area contributed by atoms with Gasteiger partial charge in [0.25, 0.3) is 0 Å². The van der Waals surface area contributed by atoms with E-state index in [0.29, 0.717) is 25.8 Å². The normalized spacial score (nSPS) is 11.7. The van der Waals surface area contributed by atoms with Crippen molar-refractivity contribution in [2.24, 2.45) is 0 Å². The number of para-hydroxylation sites is 1. The van der Waals surface area contributed by atoms with Crippen LogP contribution in [0.1, 0.15) is 24.1 Å². The molecule has 0 spiro atoms. The van der Waals surface area contributed by atoms with Crippen molar-refractivity contribution in [1.82, 2.24) is 15.6 Å². The molecule has 0 aliphatic carbocycles. The van der Waals surface area contributed by atoms with Crippen molar-refractivity contribution < 1.29 is 14.7 Å². The Morgan fingerprint density at radius 1 is 0.966 bits per heavy atom. The van der Waals surface area contributed by atoms with Crippen molar-refractivity contribution >= 4 is 22.9 Å². The molecule has 1 aromatic heterocycles. The van der Waals surface area contributed by atoms with E-state index < -0.39 is 5.97 Å². The summed E-state index contributed by atoms with van der Waals surface area (Å²) in [5, 5.41) is 15.8. The van der Waals surface area contributed by atoms with Crippen LogP contribution in [0.2, 0.25) is 0 Å². The van der Waals surface area contributed by atoms with Crippen LogP contribution in [0.3, 0.4) is 0 Å². The Bertz CT molecular complexity index is 960. The van der Waals surface area contributed by atoms with Crippen LogP contribution >= 0.6 is 0 Å². The number of carbonyl (C=O) groups is 2. The molecule has 0 aliphatic heterocycles. The van der Waals surface area contributed by atoms with E-state index in [1.54, 1.807) is 0 Å². The van der Waals surface area contributed by atoms with Crippen molar-refractivity contribution in [2.45, 2.75) is 31.7 Å². The predicted octanol–water partition coefficient (Wildman–Crippen LogP) is 3.55. The minimum absolute atomic E-state index is 0.0127. The van der Waals surface area contributed by atoms with Crippen LogP contribution in [-0.2, 0) is 17.6 Å². The monoisotopic (exact) mass is 391 g/mol. The van der Waals surface area contributed by atoms with E-state index in [2.05, 4.69) is 15.6 Å². The summed E-state index contributed by atoms with van der Waals surface area (Å²) >= 11 is 0. The first-order chi connectivity index (χ1) is 14.1. The summed E-state index contributed by atoms with van der Waals surface area (Å²) < 4.78 is 0. The third-order valence-corrected chi connectivity index (χ3v) is 4.69. The van der Waals surface area contributed by atoms with E-state index in [4.69, 9.17) is 5.11 Å². The fraction of sp³-hybridized carbons (Fsp3) is 0.261. The van der Waals surface area contributed by atoms with Crippen molar-refractivity contribution in [3.63, 3.8) is 0 Å². The number of rotatable bonds is 9. The molecule has 0 fully saturated rings. The number of aromatic nitrogens is 1. The van der Waals surface area contributed by atoms with Crippen LogP contribution in [0.15, 0.2) is 66.7 Å². The van der Waals surface area contributed by atoms with Crippen LogP contribution < -0.4 is 10.6 Å². The van der Waals surface area contributed by atoms with Gasteiger partial charge in [-0.05, 0) is 30.5 Å². The van der Waals surface area contributed by atoms with Crippen LogP contribution in [0, 0.1) is 0 Å². The molecule has 0 aliphatic rings. The Labute approximate surface area is 170 Å². The topological polar surface area (TPSA) is 91.3 Å². The van der Waals surface area contributed by atoms with Gasteiger partial charge in [0, 0.05) is 36.5 Å². The number of benzene rings is 2. The highest BCUT2D eigenvalue weighted by atomic mass is 16.4. The maximum Gasteiger partial charge on any atom is 0.315 e. The molecule has 1 atom stereocenters. The molecule has 0 bridgehead atoms. The van der Waals surface area contributed by atoms with Crippen molar-refractivity contribution in [3.05, 3.63) is 78.0 Å². The second kappa shape index (κ2) is 10.2. The van der Waals surface area contributed by atoms with Crippen molar-refractivity contribution in [3.8, 4) is 0 Å². The van der Waals surface area contributed by atoms with E-state index >= 15 is 0 Å². The Morgan fingerprint density at radius 2 is 1.72 bits per heavy atom. The van der Waals surface area contributed by atoms with Gasteiger partial charge in [-0.1, -0.05) is 54.6 Å². The predicted molar refractivity (Wildman–Crippen MR) is 113 cm³/mol. The minimum atomic E-state index is -0.868. The number of amides is 2. The summed E-state index contributed by atoms with van der Waals surface area (Å²) in [6.45, 7) is 0.453. The Hall–Kier alpha value is -3.41. The van der Waals surface area contributed by atoms with Gasteiger partial charge < -0.3 is 15.7 Å². The van der Waals surface area contributed by atoms with Crippen LogP contribution in [0.4, 0.5) is 4.79 Å². The number of hydrogen-bond donors (Lipinski definition) is 3. The van der Waals surface area contributed by atoms with E-state index in [-0.39, 0.29) is 18.5 Å². The Morgan fingerprint density at radius 3 is 2.52 bits per heavy atom. The van der Waals surface area contributed by atoms with E-state index in [1.165, 1.54) is 0 Å². The first kappa shape index (κ1) is 20.3. The average molecular weight is 391 g/mol. The Balaban J connectivity index is 1.50. The maximum absolute atomic E-state index is 12.3. The molecule has 0 radical (unpaired) electrons. The van der Waals surface area contributed by atoms with Crippen molar-refractivity contribution in [2.75, 3.05) is 6.54 Å². The number of hydrogen-bond acceptors (Lipinski definition) is 3. The zero-order valence-corrected chi connectivity index (χ0v) is 16.2. The van der Waals surface area contributed by atoms with Crippen LogP contribution in [-0.4, -0.2) is 34.7 Å². The second-order valence-corrected chi connectivity index (χ2v) is 6.96. The molecular weight excluding hydrogens is 366 g/mol. The van der Waals surface area contributed by atoms with Gasteiger partial charge >= 0.3 is 12.0 Å². The zero-order chi connectivity index (χ0) is 20.5. The molecular formula is C23H25N3O3. The number of fused-ring (bicyclic) bond motifs is 1. The maximum atomic E-state index is 12.3. The molecule has 1 unspecified atom stereocenters. The first-order valence-corrected chi connectivity index (χ1v) is 9.75. The smallest absolute Gasteiger partial charge is 0.315 e. The fourth-order valence-corrected chi connectivity index (χ4v) is 3.21. The third kappa shape index (κ3) is 6.60. The molecule has 1 heterocycles. The van der Waals surface area contributed by atoms with Gasteiger partial charge in [-0.25, -0.2) is 4.79 Å². The molecule has 0 saturated heterocycles. The fourth-order valence-electron chi connectivity index (χ4n) is 3.21. The average Bonchev–Trinajstić information content (AvgIpc) is 2.72. The minimum Gasteiger partial charge on any atom is -0.481 e. The van der Waals surface area contributed by atoms with Gasteiger partial charge in [0.1, 0.15) is 0 Å². The quantitative estimate of drug-likeness (QED) is 0.520. The number of carboxylic acid groups (broad SMARTS) is 1. The molecule has 150 valence electrons. The molecule has 0 saturated carbocycles. The van der Waals surface area contributed by atoms with E-state index in [9.17, 15) is 9.59 Å². The molecule has 2 amide bonds. The highest BCUT2D eigenvalue weighted by Gasteiger charge is 2.14. The lowest BCUT2D eigenvalue weighted by atomic mass is 10.0. The lowest BCUT2D eigenvalue weighted by Gasteiger charge is -2.18. The molecule has 3 N–H and O–H groups in total. The summed E-state index contributed by atoms with van der Waals surface area (Å²) in [6.07, 6.45) is 1.60. The van der Waals surface area contributed by atoms with Gasteiger partial charge in [0.2, 0.25) is 0 Å². The van der Waals surface area contributed by atoms with Gasteiger partial charge in [-0.2, -0.15) is 0 Å². The molecule has 3 rings (SSSR count). The number of aliphatic carboxylic acids is 1. The van der Waals surface area contributed by atoms with Gasteiger partial charge in [0.15, 0.2) is 0 Å². The molecule has 29 heavy (non-hydrogen) atoms. The van der Waals surface area contributed by atoms with Gasteiger partial charge in [-0.15, -0.1) is 0 Å². The molecule has 6 heteroatoms. The number of carbonyl (C=O) groups excluding carboxylic acids is 1.